The number of benzene rings is 1. The number of anilines is 1. The largest absolute Gasteiger partial charge is 0.480 e. The molecule has 3 N–H and O–H groups in total. The van der Waals surface area contributed by atoms with Crippen molar-refractivity contribution >= 4 is 46.0 Å². The van der Waals surface area contributed by atoms with Gasteiger partial charge in [0, 0.05) is 37.8 Å². The number of carboxylic acid groups (broad SMARTS) is 1. The molecule has 3 rings (SSSR count). The quantitative estimate of drug-likeness (QED) is 0.312. The van der Waals surface area contributed by atoms with E-state index in [0.717, 1.165) is 16.7 Å². The molecule has 0 aromatic heterocycles. The molecular weight excluding hydrogens is 528 g/mol. The lowest BCUT2D eigenvalue weighted by atomic mass is 9.84. The molecule has 0 saturated carbocycles. The Morgan fingerprint density at radius 3 is 2.53 bits per heavy atom. The van der Waals surface area contributed by atoms with E-state index >= 15 is 0 Å². The van der Waals surface area contributed by atoms with E-state index in [1.54, 1.807) is 19.2 Å². The summed E-state index contributed by atoms with van der Waals surface area (Å²) in [5.74, 6) is -1.17. The van der Waals surface area contributed by atoms with Crippen molar-refractivity contribution in [2.75, 3.05) is 45.2 Å². The number of carboxylic acids is 1. The topological polar surface area (TPSA) is 120 Å². The monoisotopic (exact) mass is 562 g/mol. The summed E-state index contributed by atoms with van der Waals surface area (Å²) in [6, 6.07) is 5.37. The Morgan fingerprint density at radius 1 is 1.19 bits per heavy atom. The number of Topliss-reactive ketones (excluding diaryl/α,β-unsaturated/α-hetero) is 1. The Balaban J connectivity index is 0.00000456. The number of nitrogens with one attached hydrogen (secondary N) is 2. The highest BCUT2D eigenvalue weighted by Crippen LogP contribution is 2.32. The normalized spacial score (nSPS) is 16.7. The van der Waals surface area contributed by atoms with Crippen LogP contribution in [0.1, 0.15) is 50.0 Å². The summed E-state index contributed by atoms with van der Waals surface area (Å²) >= 11 is 0. The van der Waals surface area contributed by atoms with Crippen molar-refractivity contribution in [3.05, 3.63) is 52.1 Å². The molecular formula is C26H35BrN4O5. The maximum atomic E-state index is 13.2. The minimum atomic E-state index is -0.946. The number of likely N-dealkylation sites (N-methyl/N-ethyl adjacent to an activating group) is 1. The average Bonchev–Trinajstić information content (AvgIpc) is 3.20. The predicted molar refractivity (Wildman–Crippen MR) is 145 cm³/mol. The summed E-state index contributed by atoms with van der Waals surface area (Å²) in [5.41, 5.74) is 5.16. The van der Waals surface area contributed by atoms with Gasteiger partial charge in [0.15, 0.2) is 5.78 Å². The molecule has 2 aliphatic rings. The van der Waals surface area contributed by atoms with Gasteiger partial charge in [-0.05, 0) is 53.3 Å². The lowest BCUT2D eigenvalue weighted by Crippen LogP contribution is -2.29. The number of carbonyl (C=O) groups excluding carboxylic acids is 2. The highest BCUT2D eigenvalue weighted by molar-refractivity contribution is 8.93. The molecule has 1 aliphatic heterocycles. The SMILES string of the molecule is Br.CCON=C1CC2=C(C=C1C(=O)NC)CN(CC(=O)c1ccc(NCC(=O)O)c(C(C)(C)C)c1)C2. The maximum absolute atomic E-state index is 13.2. The summed E-state index contributed by atoms with van der Waals surface area (Å²) in [7, 11) is 1.58. The number of amides is 1. The summed E-state index contributed by atoms with van der Waals surface area (Å²) in [6.45, 7) is 9.57. The van der Waals surface area contributed by atoms with E-state index in [1.807, 2.05) is 39.8 Å². The molecule has 10 heteroatoms. The lowest BCUT2D eigenvalue weighted by molar-refractivity contribution is -0.135. The van der Waals surface area contributed by atoms with Gasteiger partial charge in [-0.25, -0.2) is 0 Å². The first kappa shape index (κ1) is 29.3. The third-order valence-corrected chi connectivity index (χ3v) is 6.00. The van der Waals surface area contributed by atoms with Crippen molar-refractivity contribution in [3.63, 3.8) is 0 Å². The number of oxime groups is 1. The van der Waals surface area contributed by atoms with Gasteiger partial charge < -0.3 is 20.6 Å². The number of hydrogen-bond donors (Lipinski definition) is 3. The highest BCUT2D eigenvalue weighted by atomic mass is 79.9. The smallest absolute Gasteiger partial charge is 0.322 e. The summed E-state index contributed by atoms with van der Waals surface area (Å²) in [5, 5.41) is 18.7. The van der Waals surface area contributed by atoms with Gasteiger partial charge in [-0.3, -0.25) is 19.3 Å². The molecule has 1 amide bonds. The molecule has 0 saturated heterocycles. The third-order valence-electron chi connectivity index (χ3n) is 6.00. The number of hydrogen-bond acceptors (Lipinski definition) is 7. The molecule has 0 radical (unpaired) electrons. The van der Waals surface area contributed by atoms with E-state index in [0.29, 0.717) is 48.7 Å². The van der Waals surface area contributed by atoms with Crippen molar-refractivity contribution in [2.45, 2.75) is 39.5 Å². The summed E-state index contributed by atoms with van der Waals surface area (Å²) in [6.07, 6.45) is 2.36. The number of rotatable bonds is 9. The van der Waals surface area contributed by atoms with Gasteiger partial charge >= 0.3 is 5.97 Å². The third kappa shape index (κ3) is 7.04. The van der Waals surface area contributed by atoms with Crippen LogP contribution in [0.3, 0.4) is 0 Å². The molecule has 1 heterocycles. The number of nitrogens with zero attached hydrogens (tertiary/aromatic N) is 2. The Bertz CT molecular complexity index is 1120. The van der Waals surface area contributed by atoms with E-state index in [4.69, 9.17) is 9.94 Å². The second-order valence-corrected chi connectivity index (χ2v) is 9.72. The molecule has 0 spiro atoms. The van der Waals surface area contributed by atoms with Crippen LogP contribution in [0.2, 0.25) is 0 Å². The van der Waals surface area contributed by atoms with Gasteiger partial charge in [0.2, 0.25) is 0 Å². The minimum absolute atomic E-state index is 0. The van der Waals surface area contributed by atoms with Crippen LogP contribution in [0.4, 0.5) is 5.69 Å². The van der Waals surface area contributed by atoms with Gasteiger partial charge in [-0.2, -0.15) is 0 Å². The fourth-order valence-electron chi connectivity index (χ4n) is 4.28. The van der Waals surface area contributed by atoms with Crippen LogP contribution in [-0.4, -0.2) is 73.2 Å². The van der Waals surface area contributed by atoms with E-state index in [1.165, 1.54) is 0 Å². The van der Waals surface area contributed by atoms with Crippen molar-refractivity contribution in [1.82, 2.24) is 10.2 Å². The molecule has 0 atom stereocenters. The van der Waals surface area contributed by atoms with Crippen LogP contribution >= 0.6 is 17.0 Å². The van der Waals surface area contributed by atoms with Gasteiger partial charge in [-0.1, -0.05) is 25.9 Å². The van der Waals surface area contributed by atoms with E-state index < -0.39 is 5.97 Å². The Kier molecular flexibility index (Phi) is 10.0. The number of aliphatic carboxylic acids is 1. The zero-order chi connectivity index (χ0) is 25.8. The molecule has 196 valence electrons. The van der Waals surface area contributed by atoms with E-state index in [2.05, 4.69) is 20.7 Å². The van der Waals surface area contributed by atoms with E-state index in [-0.39, 0.29) is 47.2 Å². The lowest BCUT2D eigenvalue weighted by Gasteiger charge is -2.24. The molecule has 9 nitrogen and oxygen atoms in total. The summed E-state index contributed by atoms with van der Waals surface area (Å²) < 4.78 is 0. The van der Waals surface area contributed by atoms with Crippen LogP contribution in [-0.2, 0) is 19.8 Å². The first-order valence-electron chi connectivity index (χ1n) is 11.7. The van der Waals surface area contributed by atoms with Crippen LogP contribution in [0.25, 0.3) is 0 Å². The average molecular weight is 563 g/mol. The molecule has 0 fully saturated rings. The zero-order valence-corrected chi connectivity index (χ0v) is 23.1. The predicted octanol–water partition coefficient (Wildman–Crippen LogP) is 3.32. The minimum Gasteiger partial charge on any atom is -0.480 e. The molecule has 1 aliphatic carbocycles. The van der Waals surface area contributed by atoms with Crippen LogP contribution in [0.5, 0.6) is 0 Å². The van der Waals surface area contributed by atoms with Crippen LogP contribution in [0.15, 0.2) is 46.2 Å². The Hall–Kier alpha value is -2.98. The number of ketones is 1. The van der Waals surface area contributed by atoms with Gasteiger partial charge in [0.25, 0.3) is 5.91 Å². The zero-order valence-electron chi connectivity index (χ0n) is 21.4. The molecule has 36 heavy (non-hydrogen) atoms. The molecule has 0 bridgehead atoms. The fraction of sp³-hybridized carbons (Fsp3) is 0.462. The summed E-state index contributed by atoms with van der Waals surface area (Å²) in [4.78, 5) is 43.8. The van der Waals surface area contributed by atoms with Gasteiger partial charge in [0.05, 0.1) is 17.8 Å². The second-order valence-electron chi connectivity index (χ2n) is 9.72. The number of carbonyl (C=O) groups is 3. The Labute approximate surface area is 222 Å². The first-order chi connectivity index (χ1) is 16.5. The Morgan fingerprint density at radius 2 is 1.92 bits per heavy atom. The van der Waals surface area contributed by atoms with Crippen molar-refractivity contribution in [3.8, 4) is 0 Å². The van der Waals surface area contributed by atoms with Crippen molar-refractivity contribution < 1.29 is 24.3 Å². The fourth-order valence-corrected chi connectivity index (χ4v) is 4.28. The first-order valence-corrected chi connectivity index (χ1v) is 11.7. The van der Waals surface area contributed by atoms with Gasteiger partial charge in [0.1, 0.15) is 13.2 Å². The standard InChI is InChI=1S/C26H34N4O5.BrH/c1-6-35-29-22-11-18-14-30(13-17(18)9-19(22)25(34)27-5)15-23(31)16-7-8-21(28-12-24(32)33)20(10-16)26(2,3)4;/h7-10,28H,6,11-15H2,1-5H3,(H,27,34)(H,32,33);1H. The highest BCUT2D eigenvalue weighted by Gasteiger charge is 2.31. The second kappa shape index (κ2) is 12.3. The van der Waals surface area contributed by atoms with Crippen molar-refractivity contribution in [2.24, 2.45) is 5.16 Å². The van der Waals surface area contributed by atoms with Gasteiger partial charge in [-0.15, -0.1) is 17.0 Å². The molecule has 1 aromatic rings. The van der Waals surface area contributed by atoms with E-state index in [9.17, 15) is 14.4 Å². The number of halogens is 1. The molecule has 1 aromatic carbocycles. The maximum Gasteiger partial charge on any atom is 0.322 e. The van der Waals surface area contributed by atoms with Crippen LogP contribution < -0.4 is 10.6 Å². The van der Waals surface area contributed by atoms with Crippen molar-refractivity contribution in [1.29, 1.82) is 0 Å². The van der Waals surface area contributed by atoms with Crippen LogP contribution in [0, 0.1) is 0 Å². The molecule has 0 unspecified atom stereocenters.